The molecule has 7 unspecified atom stereocenters. The van der Waals surface area contributed by atoms with Gasteiger partial charge < -0.3 is 35.4 Å². The number of aliphatic hydroxyl groups is 6. The van der Waals surface area contributed by atoms with E-state index in [-0.39, 0.29) is 6.42 Å². The van der Waals surface area contributed by atoms with E-state index in [1.807, 2.05) is 0 Å². The Morgan fingerprint density at radius 1 is 0.719 bits per heavy atom. The molecular weight excluding hydrogens is 412 g/mol. The van der Waals surface area contributed by atoms with Gasteiger partial charge in [0.15, 0.2) is 0 Å². The summed E-state index contributed by atoms with van der Waals surface area (Å²) in [6.07, 6.45) is 11.1. The number of rotatable bonds is 18. The first-order valence-electron chi connectivity index (χ1n) is 12.8. The molecule has 7 nitrogen and oxygen atoms in total. The highest BCUT2D eigenvalue weighted by Crippen LogP contribution is 2.22. The molecule has 0 aromatic rings. The molecule has 0 aromatic heterocycles. The Morgan fingerprint density at radius 3 is 1.78 bits per heavy atom. The number of unbranched alkanes of at least 4 members (excludes halogenated alkanes) is 11. The molecule has 0 bridgehead atoms. The van der Waals surface area contributed by atoms with Crippen LogP contribution in [0.2, 0.25) is 0 Å². The van der Waals surface area contributed by atoms with Gasteiger partial charge in [-0.2, -0.15) is 0 Å². The van der Waals surface area contributed by atoms with Crippen LogP contribution in [0.1, 0.15) is 96.8 Å². The quantitative estimate of drug-likeness (QED) is 0.137. The fraction of sp³-hybridized carbons (Fsp3) is 0.920. The van der Waals surface area contributed by atoms with Crippen molar-refractivity contribution in [2.24, 2.45) is 0 Å². The molecule has 0 radical (unpaired) electrons. The number of hydrogen-bond acceptors (Lipinski definition) is 7. The van der Waals surface area contributed by atoms with E-state index in [1.54, 1.807) is 6.08 Å². The molecule has 1 rings (SSSR count). The van der Waals surface area contributed by atoms with Crippen LogP contribution in [-0.2, 0) is 4.74 Å². The Labute approximate surface area is 194 Å². The summed E-state index contributed by atoms with van der Waals surface area (Å²) in [5.41, 5.74) is 0. The molecule has 7 heteroatoms. The third kappa shape index (κ3) is 11.5. The van der Waals surface area contributed by atoms with E-state index in [9.17, 15) is 30.6 Å². The maximum Gasteiger partial charge on any atom is 0.112 e. The Morgan fingerprint density at radius 2 is 1.25 bits per heavy atom. The second kappa shape index (κ2) is 17.9. The maximum atomic E-state index is 10.2. The van der Waals surface area contributed by atoms with Crippen LogP contribution in [0.5, 0.6) is 0 Å². The lowest BCUT2D eigenvalue weighted by atomic mass is 9.94. The summed E-state index contributed by atoms with van der Waals surface area (Å²) in [5, 5.41) is 59.1. The van der Waals surface area contributed by atoms with Crippen molar-refractivity contribution in [1.29, 1.82) is 0 Å². The van der Waals surface area contributed by atoms with Crippen molar-refractivity contribution in [3.8, 4) is 0 Å². The van der Waals surface area contributed by atoms with Crippen LogP contribution in [0, 0.1) is 0 Å². The van der Waals surface area contributed by atoms with Gasteiger partial charge in [0.25, 0.3) is 0 Å². The molecule has 1 fully saturated rings. The lowest BCUT2D eigenvalue weighted by Crippen LogP contribution is -2.57. The predicted octanol–water partition coefficient (Wildman–Crippen LogP) is 2.59. The summed E-state index contributed by atoms with van der Waals surface area (Å²) in [5.74, 6) is 0. The van der Waals surface area contributed by atoms with Crippen molar-refractivity contribution in [3.63, 3.8) is 0 Å². The van der Waals surface area contributed by atoms with Crippen molar-refractivity contribution in [1.82, 2.24) is 0 Å². The van der Waals surface area contributed by atoms with Crippen LogP contribution < -0.4 is 0 Å². The van der Waals surface area contributed by atoms with Gasteiger partial charge in [-0.3, -0.25) is 0 Å². The normalized spacial score (nSPS) is 28.3. The molecule has 6 N–H and O–H groups in total. The molecular formula is C25H48O7. The molecule has 0 aliphatic carbocycles. The Bertz CT molecular complexity index is 471. The number of hydrogen-bond donors (Lipinski definition) is 6. The molecule has 0 spiro atoms. The van der Waals surface area contributed by atoms with E-state index in [2.05, 4.69) is 6.92 Å². The Kier molecular flexibility index (Phi) is 16.5. The molecule has 7 atom stereocenters. The smallest absolute Gasteiger partial charge is 0.112 e. The highest BCUT2D eigenvalue weighted by molar-refractivity contribution is 5.02. The predicted molar refractivity (Wildman–Crippen MR) is 125 cm³/mol. The van der Waals surface area contributed by atoms with E-state index in [0.717, 1.165) is 19.3 Å². The summed E-state index contributed by atoms with van der Waals surface area (Å²) < 4.78 is 5.38. The van der Waals surface area contributed by atoms with E-state index in [1.165, 1.54) is 63.9 Å². The van der Waals surface area contributed by atoms with Gasteiger partial charge in [-0.05, 0) is 12.8 Å². The molecule has 1 aliphatic heterocycles. The van der Waals surface area contributed by atoms with Crippen LogP contribution in [0.4, 0.5) is 0 Å². The van der Waals surface area contributed by atoms with E-state index < -0.39 is 49.3 Å². The molecule has 32 heavy (non-hydrogen) atoms. The molecule has 190 valence electrons. The zero-order valence-corrected chi connectivity index (χ0v) is 19.9. The topological polar surface area (TPSA) is 131 Å². The van der Waals surface area contributed by atoms with Gasteiger partial charge in [-0.25, -0.2) is 0 Å². The first-order chi connectivity index (χ1) is 15.4. The molecule has 1 aliphatic rings. The first kappa shape index (κ1) is 29.5. The first-order valence-corrected chi connectivity index (χ1v) is 12.8. The van der Waals surface area contributed by atoms with Crippen LogP contribution in [0.3, 0.4) is 0 Å². The van der Waals surface area contributed by atoms with Gasteiger partial charge in [0.2, 0.25) is 0 Å². The summed E-state index contributed by atoms with van der Waals surface area (Å²) in [7, 11) is 0. The van der Waals surface area contributed by atoms with Gasteiger partial charge in [-0.15, -0.1) is 0 Å². The lowest BCUT2D eigenvalue weighted by Gasteiger charge is -2.39. The summed E-state index contributed by atoms with van der Waals surface area (Å²) in [6, 6.07) is 0. The minimum Gasteiger partial charge on any atom is -0.394 e. The van der Waals surface area contributed by atoms with Crippen LogP contribution in [0.15, 0.2) is 12.2 Å². The maximum absolute atomic E-state index is 10.2. The van der Waals surface area contributed by atoms with Gasteiger partial charge in [0.1, 0.15) is 30.5 Å². The Hall–Kier alpha value is -0.540. The van der Waals surface area contributed by atoms with Crippen molar-refractivity contribution < 1.29 is 35.4 Å². The largest absolute Gasteiger partial charge is 0.394 e. The molecule has 1 heterocycles. The minimum atomic E-state index is -1.42. The Balaban J connectivity index is 2.10. The van der Waals surface area contributed by atoms with E-state index in [0.29, 0.717) is 6.42 Å². The molecule has 0 saturated carbocycles. The fourth-order valence-corrected chi connectivity index (χ4v) is 4.19. The lowest BCUT2D eigenvalue weighted by molar-refractivity contribution is -0.216. The van der Waals surface area contributed by atoms with Crippen LogP contribution in [-0.4, -0.2) is 80.0 Å². The highest BCUT2D eigenvalue weighted by atomic mass is 16.5. The highest BCUT2D eigenvalue weighted by Gasteiger charge is 2.42. The van der Waals surface area contributed by atoms with E-state index >= 15 is 0 Å². The van der Waals surface area contributed by atoms with Crippen molar-refractivity contribution in [2.45, 2.75) is 140 Å². The summed E-state index contributed by atoms with van der Waals surface area (Å²) in [4.78, 5) is 0. The third-order valence-corrected chi connectivity index (χ3v) is 6.43. The van der Waals surface area contributed by atoms with Gasteiger partial charge in [0.05, 0.1) is 18.8 Å². The third-order valence-electron chi connectivity index (χ3n) is 6.43. The van der Waals surface area contributed by atoms with Crippen LogP contribution in [0.25, 0.3) is 0 Å². The zero-order valence-electron chi connectivity index (χ0n) is 19.9. The fourth-order valence-electron chi connectivity index (χ4n) is 4.19. The average Bonchev–Trinajstić information content (AvgIpc) is 2.79. The second-order valence-corrected chi connectivity index (χ2v) is 9.27. The number of aliphatic hydroxyl groups excluding tert-OH is 6. The zero-order chi connectivity index (χ0) is 23.8. The van der Waals surface area contributed by atoms with Crippen molar-refractivity contribution in [2.75, 3.05) is 6.61 Å². The van der Waals surface area contributed by atoms with Gasteiger partial charge in [-0.1, -0.05) is 96.1 Å². The van der Waals surface area contributed by atoms with Crippen LogP contribution >= 0.6 is 0 Å². The standard InChI is InChI=1S/C25H48O7/c1-2-3-4-5-6-7-8-9-10-11-12-13-15-19(27)20(28)16-14-17-21-23(29)25(31)24(30)22(18-26)32-21/h14,17,19-31H,2-13,15-16,18H2,1H3/b17-14+. The van der Waals surface area contributed by atoms with Crippen molar-refractivity contribution >= 4 is 0 Å². The average molecular weight is 461 g/mol. The summed E-state index contributed by atoms with van der Waals surface area (Å²) >= 11 is 0. The SMILES string of the molecule is CCCCCCCCCCCCCCC(O)C(O)C/C=C/C1OC(CO)C(O)C(O)C1O. The van der Waals surface area contributed by atoms with Gasteiger partial charge >= 0.3 is 0 Å². The van der Waals surface area contributed by atoms with Gasteiger partial charge in [0, 0.05) is 0 Å². The van der Waals surface area contributed by atoms with E-state index in [4.69, 9.17) is 4.74 Å². The van der Waals surface area contributed by atoms with Crippen molar-refractivity contribution in [3.05, 3.63) is 12.2 Å². The molecule has 0 aromatic carbocycles. The molecule has 1 saturated heterocycles. The monoisotopic (exact) mass is 460 g/mol. The second-order valence-electron chi connectivity index (χ2n) is 9.27. The minimum absolute atomic E-state index is 0.189. The molecule has 0 amide bonds. The number of ether oxygens (including phenoxy) is 1. The summed E-state index contributed by atoms with van der Waals surface area (Å²) in [6.45, 7) is 1.76.